The molecule has 0 aliphatic carbocycles. The Morgan fingerprint density at radius 2 is 2.00 bits per heavy atom. The molecule has 1 heterocycles. The van der Waals surface area contributed by atoms with Gasteiger partial charge in [-0.25, -0.2) is 5.43 Å². The van der Waals surface area contributed by atoms with E-state index in [9.17, 15) is 14.7 Å². The molecule has 24 heavy (non-hydrogen) atoms. The lowest BCUT2D eigenvalue weighted by molar-refractivity contribution is -0.254. The lowest BCUT2D eigenvalue weighted by atomic mass is 10.2. The number of nitrogens with one attached hydrogen (secondary N) is 1. The molecule has 0 fully saturated rings. The zero-order valence-electron chi connectivity index (χ0n) is 13.0. The van der Waals surface area contributed by atoms with Gasteiger partial charge in [-0.2, -0.15) is 5.10 Å². The van der Waals surface area contributed by atoms with Crippen LogP contribution in [0.4, 0.5) is 0 Å². The second-order valence-electron chi connectivity index (χ2n) is 4.88. The van der Waals surface area contributed by atoms with Gasteiger partial charge in [0.2, 0.25) is 0 Å². The summed E-state index contributed by atoms with van der Waals surface area (Å²) in [6.07, 6.45) is 0. The van der Waals surface area contributed by atoms with E-state index >= 15 is 0 Å². The standard InChI is InChI=1S/C16H15ClN2O4S/c1-9-7-11(3-4-12(9)17)23-8-15(20)19-18-10(2)13-5-6-14(24-13)16(21)22/h3-7H,8H2,1-2H3,(H,19,20)(H,21,22)/p-1/b18-10-. The Morgan fingerprint density at radius 1 is 1.29 bits per heavy atom. The van der Waals surface area contributed by atoms with Gasteiger partial charge in [-0.3, -0.25) is 4.79 Å². The van der Waals surface area contributed by atoms with Crippen molar-refractivity contribution >= 4 is 40.5 Å². The molecule has 0 spiro atoms. The maximum absolute atomic E-state index is 11.7. The number of nitrogens with zero attached hydrogens (tertiary/aromatic N) is 1. The van der Waals surface area contributed by atoms with E-state index in [0.717, 1.165) is 16.9 Å². The Bertz CT molecular complexity index is 801. The predicted molar refractivity (Wildman–Crippen MR) is 90.7 cm³/mol. The van der Waals surface area contributed by atoms with E-state index in [2.05, 4.69) is 10.5 Å². The number of halogens is 1. The molecule has 0 aliphatic heterocycles. The molecular weight excluding hydrogens is 352 g/mol. The van der Waals surface area contributed by atoms with Crippen LogP contribution in [0.5, 0.6) is 5.75 Å². The number of aromatic carboxylic acids is 1. The fourth-order valence-corrected chi connectivity index (χ4v) is 2.63. The van der Waals surface area contributed by atoms with Crippen molar-refractivity contribution in [2.24, 2.45) is 5.10 Å². The predicted octanol–water partition coefficient (Wildman–Crippen LogP) is 1.99. The molecule has 0 aliphatic rings. The van der Waals surface area contributed by atoms with Gasteiger partial charge in [-0.05, 0) is 49.7 Å². The first-order chi connectivity index (χ1) is 11.4. The van der Waals surface area contributed by atoms with Crippen LogP contribution in [0.3, 0.4) is 0 Å². The highest BCUT2D eigenvalue weighted by Gasteiger charge is 2.06. The van der Waals surface area contributed by atoms with E-state index in [1.54, 1.807) is 31.2 Å². The van der Waals surface area contributed by atoms with Crippen molar-refractivity contribution in [2.75, 3.05) is 6.61 Å². The molecule has 0 saturated carbocycles. The molecule has 8 heteroatoms. The third kappa shape index (κ3) is 4.81. The van der Waals surface area contributed by atoms with Crippen molar-refractivity contribution in [3.05, 3.63) is 50.7 Å². The number of ether oxygens (including phenoxy) is 1. The fourth-order valence-electron chi connectivity index (χ4n) is 1.73. The number of carboxylic acids is 1. The molecule has 0 atom stereocenters. The zero-order chi connectivity index (χ0) is 17.7. The minimum atomic E-state index is -1.24. The summed E-state index contributed by atoms with van der Waals surface area (Å²) < 4.78 is 5.35. The molecule has 1 aromatic heterocycles. The second kappa shape index (κ2) is 7.94. The summed E-state index contributed by atoms with van der Waals surface area (Å²) >= 11 is 6.94. The number of carbonyl (C=O) groups is 2. The van der Waals surface area contributed by atoms with E-state index < -0.39 is 11.9 Å². The van der Waals surface area contributed by atoms with E-state index in [4.69, 9.17) is 16.3 Å². The molecule has 6 nitrogen and oxygen atoms in total. The number of hydrazone groups is 1. The van der Waals surface area contributed by atoms with Gasteiger partial charge in [0.25, 0.3) is 5.91 Å². The van der Waals surface area contributed by atoms with Gasteiger partial charge in [0.15, 0.2) is 6.61 Å². The lowest BCUT2D eigenvalue weighted by Gasteiger charge is -2.07. The van der Waals surface area contributed by atoms with Crippen molar-refractivity contribution in [1.29, 1.82) is 0 Å². The van der Waals surface area contributed by atoms with Crippen molar-refractivity contribution in [1.82, 2.24) is 5.43 Å². The molecule has 2 rings (SSSR count). The van der Waals surface area contributed by atoms with Gasteiger partial charge in [-0.1, -0.05) is 11.6 Å². The second-order valence-corrected chi connectivity index (χ2v) is 6.37. The molecular formula is C16H14ClN2O4S-. The highest BCUT2D eigenvalue weighted by molar-refractivity contribution is 7.15. The maximum Gasteiger partial charge on any atom is 0.277 e. The van der Waals surface area contributed by atoms with Crippen LogP contribution in [0.15, 0.2) is 35.4 Å². The lowest BCUT2D eigenvalue weighted by Crippen LogP contribution is -2.25. The molecule has 126 valence electrons. The third-order valence-electron chi connectivity index (χ3n) is 3.01. The van der Waals surface area contributed by atoms with E-state index in [0.29, 0.717) is 21.4 Å². The summed E-state index contributed by atoms with van der Waals surface area (Å²) in [5.41, 5.74) is 3.70. The van der Waals surface area contributed by atoms with Gasteiger partial charge >= 0.3 is 0 Å². The van der Waals surface area contributed by atoms with Crippen LogP contribution in [0.2, 0.25) is 5.02 Å². The van der Waals surface area contributed by atoms with Crippen molar-refractivity contribution < 1.29 is 19.4 Å². The van der Waals surface area contributed by atoms with Crippen LogP contribution < -0.4 is 15.3 Å². The molecule has 0 bridgehead atoms. The Hall–Kier alpha value is -2.38. The summed E-state index contributed by atoms with van der Waals surface area (Å²) in [5.74, 6) is -1.14. The Morgan fingerprint density at radius 3 is 2.62 bits per heavy atom. The summed E-state index contributed by atoms with van der Waals surface area (Å²) in [5, 5.41) is 15.3. The largest absolute Gasteiger partial charge is 0.544 e. The third-order valence-corrected chi connectivity index (χ3v) is 4.61. The number of amides is 1. The summed E-state index contributed by atoms with van der Waals surface area (Å²) in [4.78, 5) is 23.2. The molecule has 0 saturated heterocycles. The zero-order valence-corrected chi connectivity index (χ0v) is 14.5. The topological polar surface area (TPSA) is 90.8 Å². The van der Waals surface area contributed by atoms with Crippen LogP contribution in [0.1, 0.15) is 27.0 Å². The average molecular weight is 366 g/mol. The van der Waals surface area contributed by atoms with Gasteiger partial charge in [0, 0.05) is 5.02 Å². The first kappa shape index (κ1) is 18.0. The monoisotopic (exact) mass is 365 g/mol. The van der Waals surface area contributed by atoms with Crippen LogP contribution in [-0.4, -0.2) is 24.2 Å². The molecule has 1 aromatic carbocycles. The highest BCUT2D eigenvalue weighted by Crippen LogP contribution is 2.21. The number of hydrogen-bond acceptors (Lipinski definition) is 6. The summed E-state index contributed by atoms with van der Waals surface area (Å²) in [6.45, 7) is 3.30. The normalized spacial score (nSPS) is 11.2. The van der Waals surface area contributed by atoms with Gasteiger partial charge in [-0.15, -0.1) is 11.3 Å². The average Bonchev–Trinajstić information content (AvgIpc) is 3.04. The van der Waals surface area contributed by atoms with Crippen molar-refractivity contribution in [3.63, 3.8) is 0 Å². The highest BCUT2D eigenvalue weighted by atomic mass is 35.5. The van der Waals surface area contributed by atoms with E-state index in [1.807, 2.05) is 6.92 Å². The number of carbonyl (C=O) groups excluding carboxylic acids is 2. The Balaban J connectivity index is 1.89. The Labute approximate surface area is 147 Å². The Kier molecular flexibility index (Phi) is 5.94. The van der Waals surface area contributed by atoms with Gasteiger partial charge < -0.3 is 14.6 Å². The molecule has 0 radical (unpaired) electrons. The van der Waals surface area contributed by atoms with E-state index in [-0.39, 0.29) is 11.5 Å². The minimum Gasteiger partial charge on any atom is -0.544 e. The molecule has 2 aromatic rings. The van der Waals surface area contributed by atoms with Crippen molar-refractivity contribution in [2.45, 2.75) is 13.8 Å². The minimum absolute atomic E-state index is 0.104. The van der Waals surface area contributed by atoms with Gasteiger partial charge in [0.05, 0.1) is 21.4 Å². The summed E-state index contributed by atoms with van der Waals surface area (Å²) in [7, 11) is 0. The van der Waals surface area contributed by atoms with Gasteiger partial charge in [0.1, 0.15) is 5.75 Å². The molecule has 0 unspecified atom stereocenters. The van der Waals surface area contributed by atoms with Crippen LogP contribution in [0.25, 0.3) is 0 Å². The smallest absolute Gasteiger partial charge is 0.277 e. The summed E-state index contributed by atoms with van der Waals surface area (Å²) in [6, 6.07) is 8.13. The molecule has 1 amide bonds. The molecule has 1 N–H and O–H groups in total. The SMILES string of the molecule is C/C(=N/NC(=O)COc1ccc(Cl)c(C)c1)c1ccc(C(=O)[O-])s1. The number of carboxylic acid groups (broad SMARTS) is 1. The maximum atomic E-state index is 11.7. The van der Waals surface area contributed by atoms with Crippen LogP contribution in [0, 0.1) is 6.92 Å². The van der Waals surface area contributed by atoms with Crippen molar-refractivity contribution in [3.8, 4) is 5.75 Å². The van der Waals surface area contributed by atoms with E-state index in [1.165, 1.54) is 6.07 Å². The number of rotatable bonds is 6. The first-order valence-electron chi connectivity index (χ1n) is 6.90. The number of aryl methyl sites for hydroxylation is 1. The first-order valence-corrected chi connectivity index (χ1v) is 8.10. The van der Waals surface area contributed by atoms with Crippen LogP contribution >= 0.6 is 22.9 Å². The fraction of sp³-hybridized carbons (Fsp3) is 0.188. The number of benzene rings is 1. The number of thiophene rings is 1. The van der Waals surface area contributed by atoms with Crippen LogP contribution in [-0.2, 0) is 4.79 Å². The quantitative estimate of drug-likeness (QED) is 0.626. The number of hydrogen-bond donors (Lipinski definition) is 1.